The number of rotatable bonds is 3. The molecular formula is C12H24ClN3O2. The molecular weight excluding hydrogens is 254 g/mol. The first-order valence-electron chi connectivity index (χ1n) is 6.04. The van der Waals surface area contributed by atoms with Crippen molar-refractivity contribution < 1.29 is 9.59 Å². The number of halogens is 1. The highest BCUT2D eigenvalue weighted by Gasteiger charge is 2.43. The fourth-order valence-corrected chi connectivity index (χ4v) is 2.26. The van der Waals surface area contributed by atoms with Crippen molar-refractivity contribution in [3.05, 3.63) is 0 Å². The molecule has 1 rings (SSSR count). The molecule has 18 heavy (non-hydrogen) atoms. The smallest absolute Gasteiger partial charge is 0.247 e. The summed E-state index contributed by atoms with van der Waals surface area (Å²) in [6.45, 7) is 7.37. The molecule has 0 saturated carbocycles. The molecule has 6 heteroatoms. The molecule has 1 atom stereocenters. The van der Waals surface area contributed by atoms with E-state index in [1.165, 1.54) is 0 Å². The minimum atomic E-state index is -0.730. The highest BCUT2D eigenvalue weighted by molar-refractivity contribution is 5.92. The highest BCUT2D eigenvalue weighted by Crippen LogP contribution is 2.23. The van der Waals surface area contributed by atoms with Crippen LogP contribution in [0.5, 0.6) is 0 Å². The van der Waals surface area contributed by atoms with Crippen LogP contribution in [0.1, 0.15) is 20.8 Å². The van der Waals surface area contributed by atoms with E-state index in [1.807, 2.05) is 27.8 Å². The average Bonchev–Trinajstić information content (AvgIpc) is 2.26. The van der Waals surface area contributed by atoms with E-state index in [0.29, 0.717) is 19.6 Å². The van der Waals surface area contributed by atoms with Crippen molar-refractivity contribution in [1.82, 2.24) is 15.1 Å². The van der Waals surface area contributed by atoms with Gasteiger partial charge in [-0.2, -0.15) is 0 Å². The number of carbonyl (C=O) groups is 2. The van der Waals surface area contributed by atoms with E-state index in [1.54, 1.807) is 16.8 Å². The molecule has 2 amide bonds. The van der Waals surface area contributed by atoms with Crippen LogP contribution < -0.4 is 5.32 Å². The quantitative estimate of drug-likeness (QED) is 0.810. The van der Waals surface area contributed by atoms with Crippen LogP contribution in [-0.4, -0.2) is 60.9 Å². The number of hydrogen-bond donors (Lipinski definition) is 1. The fourth-order valence-electron chi connectivity index (χ4n) is 2.26. The zero-order valence-corrected chi connectivity index (χ0v) is 12.6. The molecule has 106 valence electrons. The third-order valence-electron chi connectivity index (χ3n) is 3.40. The Morgan fingerprint density at radius 1 is 1.44 bits per heavy atom. The van der Waals surface area contributed by atoms with E-state index >= 15 is 0 Å². The van der Waals surface area contributed by atoms with Gasteiger partial charge >= 0.3 is 0 Å². The van der Waals surface area contributed by atoms with Gasteiger partial charge in [-0.25, -0.2) is 0 Å². The summed E-state index contributed by atoms with van der Waals surface area (Å²) in [5.41, 5.74) is -0.730. The summed E-state index contributed by atoms with van der Waals surface area (Å²) in [7, 11) is 3.60. The lowest BCUT2D eigenvalue weighted by atomic mass is 9.95. The normalized spacial score (nSPS) is 20.4. The van der Waals surface area contributed by atoms with E-state index < -0.39 is 5.54 Å². The monoisotopic (exact) mass is 277 g/mol. The van der Waals surface area contributed by atoms with Gasteiger partial charge in [-0.1, -0.05) is 6.92 Å². The van der Waals surface area contributed by atoms with Crippen LogP contribution in [-0.2, 0) is 9.59 Å². The molecule has 1 aliphatic rings. The van der Waals surface area contributed by atoms with Gasteiger partial charge in [0, 0.05) is 32.6 Å². The van der Waals surface area contributed by atoms with Crippen LogP contribution in [0.25, 0.3) is 0 Å². The molecule has 0 aliphatic carbocycles. The van der Waals surface area contributed by atoms with Crippen LogP contribution in [0, 0.1) is 5.92 Å². The summed E-state index contributed by atoms with van der Waals surface area (Å²) in [4.78, 5) is 27.7. The molecule has 0 bridgehead atoms. The number of piperazine rings is 1. The third kappa shape index (κ3) is 3.14. The maximum Gasteiger partial charge on any atom is 0.247 e. The van der Waals surface area contributed by atoms with E-state index in [0.717, 1.165) is 0 Å². The van der Waals surface area contributed by atoms with Gasteiger partial charge in [-0.05, 0) is 20.9 Å². The van der Waals surface area contributed by atoms with Crippen LogP contribution in [0.2, 0.25) is 0 Å². The van der Waals surface area contributed by atoms with Crippen molar-refractivity contribution >= 4 is 24.2 Å². The predicted octanol–water partition coefficient (Wildman–Crippen LogP) is 0.343. The van der Waals surface area contributed by atoms with Crippen molar-refractivity contribution in [2.24, 2.45) is 5.92 Å². The Balaban J connectivity index is 0.00000289. The Morgan fingerprint density at radius 3 is 2.50 bits per heavy atom. The Labute approximate surface area is 115 Å². The van der Waals surface area contributed by atoms with Crippen molar-refractivity contribution in [1.29, 1.82) is 0 Å². The van der Waals surface area contributed by atoms with E-state index in [-0.39, 0.29) is 30.1 Å². The second-order valence-corrected chi connectivity index (χ2v) is 5.23. The Morgan fingerprint density at radius 2 is 2.00 bits per heavy atom. The summed E-state index contributed by atoms with van der Waals surface area (Å²) in [5.74, 6) is -0.0463. The molecule has 1 heterocycles. The number of amides is 2. The standard InChI is InChI=1S/C12H23N3O2.ClH/c1-9(8-13-4)10(16)15-7-6-14(5)11(17)12(15,2)3;/h9,13H,6-8H2,1-5H3;1H. The lowest BCUT2D eigenvalue weighted by Gasteiger charge is -2.45. The maximum absolute atomic E-state index is 12.3. The first kappa shape index (κ1) is 17.2. The summed E-state index contributed by atoms with van der Waals surface area (Å²) >= 11 is 0. The van der Waals surface area contributed by atoms with Crippen molar-refractivity contribution in [3.8, 4) is 0 Å². The SMILES string of the molecule is CNCC(C)C(=O)N1CCN(C)C(=O)C1(C)C.Cl. The largest absolute Gasteiger partial charge is 0.342 e. The minimum Gasteiger partial charge on any atom is -0.342 e. The molecule has 0 radical (unpaired) electrons. The van der Waals surface area contributed by atoms with Crippen LogP contribution in [0.15, 0.2) is 0 Å². The van der Waals surface area contributed by atoms with Crippen molar-refractivity contribution in [3.63, 3.8) is 0 Å². The van der Waals surface area contributed by atoms with Crippen molar-refractivity contribution in [2.45, 2.75) is 26.3 Å². The van der Waals surface area contributed by atoms with Gasteiger partial charge in [-0.3, -0.25) is 9.59 Å². The van der Waals surface area contributed by atoms with Crippen molar-refractivity contribution in [2.75, 3.05) is 33.7 Å². The summed E-state index contributed by atoms with van der Waals surface area (Å²) in [5, 5.41) is 2.99. The number of hydrogen-bond acceptors (Lipinski definition) is 3. The molecule has 1 saturated heterocycles. The zero-order chi connectivity index (χ0) is 13.2. The zero-order valence-electron chi connectivity index (χ0n) is 11.8. The van der Waals surface area contributed by atoms with E-state index in [9.17, 15) is 9.59 Å². The lowest BCUT2D eigenvalue weighted by molar-refractivity contribution is -0.159. The molecule has 1 fully saturated rings. The summed E-state index contributed by atoms with van der Waals surface area (Å²) in [6, 6.07) is 0. The minimum absolute atomic E-state index is 0. The van der Waals surface area contributed by atoms with Gasteiger partial charge in [0.25, 0.3) is 0 Å². The molecule has 0 aromatic rings. The first-order valence-corrected chi connectivity index (χ1v) is 6.04. The predicted molar refractivity (Wildman–Crippen MR) is 73.8 cm³/mol. The molecule has 1 aliphatic heterocycles. The van der Waals surface area contributed by atoms with Crippen LogP contribution >= 0.6 is 12.4 Å². The first-order chi connectivity index (χ1) is 7.82. The van der Waals surface area contributed by atoms with Crippen LogP contribution in [0.3, 0.4) is 0 Å². The molecule has 1 unspecified atom stereocenters. The molecule has 0 spiro atoms. The number of nitrogens with zero attached hydrogens (tertiary/aromatic N) is 2. The van der Waals surface area contributed by atoms with Gasteiger partial charge < -0.3 is 15.1 Å². The van der Waals surface area contributed by atoms with Gasteiger partial charge in [0.15, 0.2) is 0 Å². The highest BCUT2D eigenvalue weighted by atomic mass is 35.5. The van der Waals surface area contributed by atoms with E-state index in [4.69, 9.17) is 0 Å². The molecule has 0 aromatic heterocycles. The van der Waals surface area contributed by atoms with Gasteiger partial charge in [0.2, 0.25) is 11.8 Å². The Hall–Kier alpha value is -0.810. The Kier molecular flexibility index (Phi) is 6.10. The summed E-state index contributed by atoms with van der Waals surface area (Å²) < 4.78 is 0. The average molecular weight is 278 g/mol. The third-order valence-corrected chi connectivity index (χ3v) is 3.40. The topological polar surface area (TPSA) is 52.7 Å². The number of likely N-dealkylation sites (N-methyl/N-ethyl adjacent to an activating group) is 1. The number of nitrogens with one attached hydrogen (secondary N) is 1. The number of carbonyl (C=O) groups excluding carboxylic acids is 2. The second-order valence-electron chi connectivity index (χ2n) is 5.23. The fraction of sp³-hybridized carbons (Fsp3) is 0.833. The maximum atomic E-state index is 12.3. The molecule has 5 nitrogen and oxygen atoms in total. The lowest BCUT2D eigenvalue weighted by Crippen LogP contribution is -2.64. The summed E-state index contributed by atoms with van der Waals surface area (Å²) in [6.07, 6.45) is 0. The molecule has 0 aromatic carbocycles. The van der Waals surface area contributed by atoms with Gasteiger partial charge in [-0.15, -0.1) is 12.4 Å². The van der Waals surface area contributed by atoms with Gasteiger partial charge in [0.1, 0.15) is 5.54 Å². The Bertz CT molecular complexity index is 320. The van der Waals surface area contributed by atoms with Crippen LogP contribution in [0.4, 0.5) is 0 Å². The second kappa shape index (κ2) is 6.38. The van der Waals surface area contributed by atoms with Gasteiger partial charge in [0.05, 0.1) is 0 Å². The van der Waals surface area contributed by atoms with E-state index in [2.05, 4.69) is 5.32 Å². The molecule has 1 N–H and O–H groups in total.